The van der Waals surface area contributed by atoms with Gasteiger partial charge in [0.1, 0.15) is 6.04 Å². The predicted molar refractivity (Wildman–Crippen MR) is 104 cm³/mol. The van der Waals surface area contributed by atoms with E-state index < -0.39 is 0 Å². The molecule has 0 radical (unpaired) electrons. The van der Waals surface area contributed by atoms with Gasteiger partial charge in [-0.25, -0.2) is 0 Å². The number of nitrogens with zero attached hydrogens (tertiary/aromatic N) is 2. The molecule has 2 amide bonds. The molecule has 7 aliphatic rings. The Hall–Kier alpha value is -1.87. The molecule has 0 spiro atoms. The number of carbonyl (C=O) groups excluding carboxylic acids is 2. The van der Waals surface area contributed by atoms with E-state index in [1.54, 1.807) is 10.5 Å². The second-order valence-electron chi connectivity index (χ2n) is 9.68. The minimum atomic E-state index is -0.262. The number of carbonyl (C=O) groups is 2. The summed E-state index contributed by atoms with van der Waals surface area (Å²) in [6.07, 6.45) is 11.4. The highest BCUT2D eigenvalue weighted by Gasteiger charge is 2.53. The van der Waals surface area contributed by atoms with E-state index in [2.05, 4.69) is 22.8 Å². The molecule has 28 heavy (non-hydrogen) atoms. The summed E-state index contributed by atoms with van der Waals surface area (Å²) in [6.45, 7) is 0.965. The normalized spacial score (nSPS) is 40.6. The van der Waals surface area contributed by atoms with E-state index in [0.717, 1.165) is 63.2 Å². The molecule has 0 aromatic rings. The molecule has 6 nitrogen and oxygen atoms in total. The minimum absolute atomic E-state index is 0.0158. The third-order valence-electron chi connectivity index (χ3n) is 7.97. The van der Waals surface area contributed by atoms with Gasteiger partial charge in [-0.3, -0.25) is 9.59 Å². The van der Waals surface area contributed by atoms with Crippen LogP contribution in [0.5, 0.6) is 0 Å². The highest BCUT2D eigenvalue weighted by molar-refractivity contribution is 5.80. The van der Waals surface area contributed by atoms with E-state index in [0.29, 0.717) is 6.54 Å². The first-order chi connectivity index (χ1) is 13.6. The summed E-state index contributed by atoms with van der Waals surface area (Å²) < 4.78 is 0. The van der Waals surface area contributed by atoms with Crippen LogP contribution < -0.4 is 10.6 Å². The van der Waals surface area contributed by atoms with Gasteiger partial charge in [-0.05, 0) is 69.6 Å². The van der Waals surface area contributed by atoms with Crippen molar-refractivity contribution in [3.05, 3.63) is 11.6 Å². The van der Waals surface area contributed by atoms with Crippen LogP contribution in [0.1, 0.15) is 57.8 Å². The summed E-state index contributed by atoms with van der Waals surface area (Å²) in [5.41, 5.74) is 1.69. The zero-order valence-corrected chi connectivity index (χ0v) is 16.5. The molecule has 7 rings (SSSR count). The SMILES string of the molecule is N#C[C@@H]1CCCN1C(=O)CNC1CCC(C(=O)NC23CC=C4C(CC4C2)C3)C1. The van der Waals surface area contributed by atoms with Crippen LogP contribution in [0, 0.1) is 29.1 Å². The largest absolute Gasteiger partial charge is 0.350 e. The van der Waals surface area contributed by atoms with Crippen molar-refractivity contribution in [3.63, 3.8) is 0 Å². The van der Waals surface area contributed by atoms with Gasteiger partial charge in [-0.2, -0.15) is 5.26 Å². The molecular formula is C22H30N4O2. The van der Waals surface area contributed by atoms with Crippen LogP contribution in [0.15, 0.2) is 11.6 Å². The summed E-state index contributed by atoms with van der Waals surface area (Å²) in [5, 5.41) is 15.9. The maximum absolute atomic E-state index is 12.9. The Morgan fingerprint density at radius 2 is 2.04 bits per heavy atom. The predicted octanol–water partition coefficient (Wildman–Crippen LogP) is 1.87. The highest BCUT2D eigenvalue weighted by Crippen LogP contribution is 2.58. The summed E-state index contributed by atoms with van der Waals surface area (Å²) >= 11 is 0. The van der Waals surface area contributed by atoms with Gasteiger partial charge in [0.05, 0.1) is 12.6 Å². The van der Waals surface area contributed by atoms with Crippen molar-refractivity contribution in [3.8, 4) is 6.07 Å². The lowest BCUT2D eigenvalue weighted by atomic mass is 9.51. The number of hydrogen-bond donors (Lipinski definition) is 2. The maximum atomic E-state index is 12.9. The minimum Gasteiger partial charge on any atom is -0.350 e. The zero-order valence-electron chi connectivity index (χ0n) is 16.5. The molecule has 4 bridgehead atoms. The van der Waals surface area contributed by atoms with Crippen molar-refractivity contribution in [2.75, 3.05) is 13.1 Å². The van der Waals surface area contributed by atoms with E-state index >= 15 is 0 Å². The van der Waals surface area contributed by atoms with Crippen LogP contribution in [-0.2, 0) is 9.59 Å². The Morgan fingerprint density at radius 1 is 1.21 bits per heavy atom. The molecular weight excluding hydrogens is 352 g/mol. The summed E-state index contributed by atoms with van der Waals surface area (Å²) in [6, 6.07) is 2.18. The highest BCUT2D eigenvalue weighted by atomic mass is 16.2. The van der Waals surface area contributed by atoms with Crippen LogP contribution >= 0.6 is 0 Å². The number of allylic oxidation sites excluding steroid dienone is 1. The molecule has 5 atom stereocenters. The molecule has 2 N–H and O–H groups in total. The fraction of sp³-hybridized carbons (Fsp3) is 0.773. The van der Waals surface area contributed by atoms with Crippen LogP contribution in [0.25, 0.3) is 0 Å². The van der Waals surface area contributed by atoms with Crippen LogP contribution in [0.4, 0.5) is 0 Å². The van der Waals surface area contributed by atoms with E-state index in [1.807, 2.05) is 0 Å². The standard InChI is InChI=1S/C22H30N4O2/c23-12-18-2-1-7-26(18)20(27)13-24-17-4-3-14(9-17)21(28)25-22-6-5-19-15(10-22)8-16(19)11-22/h5,14-18,24H,1-4,6-11,13H2,(H,25,28)/t14?,15?,16?,17?,18-,22?/m0/s1. The molecule has 1 aliphatic heterocycles. The lowest BCUT2D eigenvalue weighted by Crippen LogP contribution is -2.60. The maximum Gasteiger partial charge on any atom is 0.237 e. The summed E-state index contributed by atoms with van der Waals surface area (Å²) in [4.78, 5) is 27.0. The van der Waals surface area contributed by atoms with Gasteiger partial charge in [0.2, 0.25) is 11.8 Å². The quantitative estimate of drug-likeness (QED) is 0.711. The Labute approximate surface area is 166 Å². The third-order valence-corrected chi connectivity index (χ3v) is 7.97. The molecule has 1 heterocycles. The molecule has 1 saturated heterocycles. The number of nitrogens with one attached hydrogen (secondary N) is 2. The van der Waals surface area contributed by atoms with E-state index in [9.17, 15) is 9.59 Å². The van der Waals surface area contributed by atoms with Gasteiger partial charge in [-0.15, -0.1) is 0 Å². The average molecular weight is 383 g/mol. The van der Waals surface area contributed by atoms with E-state index in [4.69, 9.17) is 5.26 Å². The Morgan fingerprint density at radius 3 is 2.79 bits per heavy atom. The second kappa shape index (κ2) is 6.88. The fourth-order valence-corrected chi connectivity index (χ4v) is 6.48. The van der Waals surface area contributed by atoms with Gasteiger partial charge in [-0.1, -0.05) is 11.6 Å². The first-order valence-electron chi connectivity index (χ1n) is 11.0. The number of fused-ring (bicyclic) bond motifs is 1. The van der Waals surface area contributed by atoms with E-state index in [1.165, 1.54) is 6.42 Å². The Balaban J connectivity index is 1.10. The van der Waals surface area contributed by atoms with Crippen molar-refractivity contribution >= 4 is 11.8 Å². The van der Waals surface area contributed by atoms with Crippen LogP contribution in [-0.4, -0.2) is 47.4 Å². The van der Waals surface area contributed by atoms with Gasteiger partial charge in [0.25, 0.3) is 0 Å². The Kier molecular flexibility index (Phi) is 4.46. The average Bonchev–Trinajstić information content (AvgIpc) is 3.35. The number of amides is 2. The monoisotopic (exact) mass is 382 g/mol. The molecule has 6 aliphatic carbocycles. The lowest BCUT2D eigenvalue weighted by Gasteiger charge is -2.58. The molecule has 4 saturated carbocycles. The third kappa shape index (κ3) is 3.04. The molecule has 6 heteroatoms. The number of rotatable bonds is 5. The molecule has 5 fully saturated rings. The Bertz CT molecular complexity index is 740. The van der Waals surface area contributed by atoms with Gasteiger partial charge in [0, 0.05) is 24.0 Å². The number of hydrogen-bond acceptors (Lipinski definition) is 4. The lowest BCUT2D eigenvalue weighted by molar-refractivity contribution is -0.130. The first kappa shape index (κ1) is 18.2. The molecule has 4 unspecified atom stereocenters. The van der Waals surface area contributed by atoms with Gasteiger partial charge in [0.15, 0.2) is 0 Å². The smallest absolute Gasteiger partial charge is 0.237 e. The number of nitriles is 1. The van der Waals surface area contributed by atoms with Gasteiger partial charge < -0.3 is 15.5 Å². The van der Waals surface area contributed by atoms with Gasteiger partial charge >= 0.3 is 0 Å². The molecule has 150 valence electrons. The topological polar surface area (TPSA) is 85.2 Å². The summed E-state index contributed by atoms with van der Waals surface area (Å²) in [5.74, 6) is 1.77. The number of likely N-dealkylation sites (tertiary alicyclic amines) is 1. The fourth-order valence-electron chi connectivity index (χ4n) is 6.48. The van der Waals surface area contributed by atoms with Crippen LogP contribution in [0.2, 0.25) is 0 Å². The van der Waals surface area contributed by atoms with E-state index in [-0.39, 0.29) is 41.9 Å². The molecule has 0 aromatic heterocycles. The van der Waals surface area contributed by atoms with Crippen molar-refractivity contribution in [1.29, 1.82) is 5.26 Å². The second-order valence-corrected chi connectivity index (χ2v) is 9.68. The van der Waals surface area contributed by atoms with Crippen molar-refractivity contribution in [2.24, 2.45) is 17.8 Å². The van der Waals surface area contributed by atoms with Crippen molar-refractivity contribution in [2.45, 2.75) is 75.4 Å². The summed E-state index contributed by atoms with van der Waals surface area (Å²) in [7, 11) is 0. The first-order valence-corrected chi connectivity index (χ1v) is 11.0. The van der Waals surface area contributed by atoms with Crippen molar-refractivity contribution < 1.29 is 9.59 Å². The zero-order chi connectivity index (χ0) is 19.3. The van der Waals surface area contributed by atoms with Crippen molar-refractivity contribution in [1.82, 2.24) is 15.5 Å². The molecule has 0 aromatic carbocycles. The van der Waals surface area contributed by atoms with Crippen LogP contribution in [0.3, 0.4) is 0 Å².